The Morgan fingerprint density at radius 2 is 1.71 bits per heavy atom. The molecule has 3 aromatic carbocycles. The molecule has 0 saturated carbocycles. The van der Waals surface area contributed by atoms with Crippen LogP contribution < -0.4 is 5.32 Å². The molecule has 1 atom stereocenters. The van der Waals surface area contributed by atoms with Crippen LogP contribution >= 0.6 is 15.9 Å². The first-order chi connectivity index (χ1) is 13.5. The fraction of sp³-hybridized carbons (Fsp3) is 0.190. The monoisotopic (exact) mass is 458 g/mol. The van der Waals surface area contributed by atoms with Gasteiger partial charge in [-0.1, -0.05) is 42.5 Å². The lowest BCUT2D eigenvalue weighted by atomic mass is 10.1. The number of carbonyl (C=O) groups is 1. The number of sulfonamides is 1. The molecule has 0 unspecified atom stereocenters. The quantitative estimate of drug-likeness (QED) is 0.629. The number of amides is 1. The predicted octanol–water partition coefficient (Wildman–Crippen LogP) is 4.39. The first-order valence-corrected chi connectivity index (χ1v) is 11.3. The molecule has 1 saturated heterocycles. The summed E-state index contributed by atoms with van der Waals surface area (Å²) in [5.41, 5.74) is 0.627. The molecule has 4 rings (SSSR count). The van der Waals surface area contributed by atoms with Crippen molar-refractivity contribution in [3.8, 4) is 0 Å². The maximum atomic E-state index is 13.2. The zero-order chi connectivity index (χ0) is 19.7. The van der Waals surface area contributed by atoms with Crippen LogP contribution in [0.5, 0.6) is 0 Å². The maximum Gasteiger partial charge on any atom is 0.243 e. The molecule has 0 radical (unpaired) electrons. The van der Waals surface area contributed by atoms with E-state index in [1.54, 1.807) is 24.3 Å². The van der Waals surface area contributed by atoms with Gasteiger partial charge in [-0.25, -0.2) is 8.42 Å². The van der Waals surface area contributed by atoms with E-state index in [9.17, 15) is 13.2 Å². The van der Waals surface area contributed by atoms with Gasteiger partial charge in [-0.15, -0.1) is 0 Å². The van der Waals surface area contributed by atoms with Gasteiger partial charge in [0.1, 0.15) is 6.04 Å². The molecule has 0 spiro atoms. The molecule has 0 bridgehead atoms. The number of benzene rings is 3. The SMILES string of the molecule is O=C(Nc1ccccc1Br)[C@@H]1CCCN1S(=O)(=O)c1ccc2ccccc2c1. The average molecular weight is 459 g/mol. The van der Waals surface area contributed by atoms with Gasteiger partial charge in [0.2, 0.25) is 15.9 Å². The maximum absolute atomic E-state index is 13.2. The van der Waals surface area contributed by atoms with Crippen LogP contribution in [0.15, 0.2) is 76.1 Å². The molecular formula is C21H19BrN2O3S. The van der Waals surface area contributed by atoms with Crippen molar-refractivity contribution in [2.75, 3.05) is 11.9 Å². The standard InChI is InChI=1S/C21H19BrN2O3S/c22-18-8-3-4-9-19(18)23-21(25)20-10-5-13-24(20)28(26,27)17-12-11-15-6-1-2-7-16(15)14-17/h1-4,6-9,11-12,14,20H,5,10,13H2,(H,23,25)/t20-/m0/s1. The molecule has 0 aliphatic carbocycles. The highest BCUT2D eigenvalue weighted by atomic mass is 79.9. The van der Waals surface area contributed by atoms with Crippen LogP contribution in [-0.4, -0.2) is 31.2 Å². The lowest BCUT2D eigenvalue weighted by Crippen LogP contribution is -2.43. The topological polar surface area (TPSA) is 66.5 Å². The van der Waals surface area contributed by atoms with Crippen LogP contribution in [0, 0.1) is 0 Å². The second-order valence-corrected chi connectivity index (χ2v) is 9.50. The number of anilines is 1. The first kappa shape index (κ1) is 19.1. The van der Waals surface area contributed by atoms with E-state index in [4.69, 9.17) is 0 Å². The number of rotatable bonds is 4. The van der Waals surface area contributed by atoms with Crippen molar-refractivity contribution >= 4 is 48.3 Å². The summed E-state index contributed by atoms with van der Waals surface area (Å²) in [5.74, 6) is -0.311. The van der Waals surface area contributed by atoms with Crippen molar-refractivity contribution in [3.63, 3.8) is 0 Å². The second kappa shape index (κ2) is 7.66. The minimum Gasteiger partial charge on any atom is -0.324 e. The summed E-state index contributed by atoms with van der Waals surface area (Å²) < 4.78 is 28.6. The Labute approximate surface area is 172 Å². The Hall–Kier alpha value is -2.22. The molecule has 144 valence electrons. The van der Waals surface area contributed by atoms with Crippen LogP contribution in [0.3, 0.4) is 0 Å². The molecule has 1 aliphatic heterocycles. The van der Waals surface area contributed by atoms with Gasteiger partial charge in [0, 0.05) is 11.0 Å². The Kier molecular flexibility index (Phi) is 5.23. The van der Waals surface area contributed by atoms with Gasteiger partial charge in [0.25, 0.3) is 0 Å². The van der Waals surface area contributed by atoms with Gasteiger partial charge in [0.15, 0.2) is 0 Å². The van der Waals surface area contributed by atoms with Crippen molar-refractivity contribution in [3.05, 3.63) is 71.2 Å². The highest BCUT2D eigenvalue weighted by molar-refractivity contribution is 9.10. The molecule has 28 heavy (non-hydrogen) atoms. The molecule has 1 aliphatic rings. The molecule has 0 aromatic heterocycles. The minimum absolute atomic E-state index is 0.215. The van der Waals surface area contributed by atoms with E-state index in [-0.39, 0.29) is 10.8 Å². The fourth-order valence-corrected chi connectivity index (χ4v) is 5.61. The molecular weight excluding hydrogens is 440 g/mol. The summed E-state index contributed by atoms with van der Waals surface area (Å²) in [4.78, 5) is 13.0. The Balaban J connectivity index is 1.62. The largest absolute Gasteiger partial charge is 0.324 e. The molecule has 1 N–H and O–H groups in total. The minimum atomic E-state index is -3.77. The summed E-state index contributed by atoms with van der Waals surface area (Å²) in [7, 11) is -3.77. The van der Waals surface area contributed by atoms with E-state index in [1.807, 2.05) is 42.5 Å². The van der Waals surface area contributed by atoms with Crippen LogP contribution in [0.4, 0.5) is 5.69 Å². The van der Waals surface area contributed by atoms with Gasteiger partial charge in [-0.2, -0.15) is 4.31 Å². The summed E-state index contributed by atoms with van der Waals surface area (Å²) in [6.45, 7) is 0.337. The number of hydrogen-bond donors (Lipinski definition) is 1. The van der Waals surface area contributed by atoms with Crippen molar-refractivity contribution in [2.45, 2.75) is 23.8 Å². The predicted molar refractivity (Wildman–Crippen MR) is 114 cm³/mol. The molecule has 7 heteroatoms. The number of para-hydroxylation sites is 1. The number of nitrogens with one attached hydrogen (secondary N) is 1. The third-order valence-electron chi connectivity index (χ3n) is 4.97. The Morgan fingerprint density at radius 1 is 1.00 bits per heavy atom. The van der Waals surface area contributed by atoms with Gasteiger partial charge < -0.3 is 5.32 Å². The normalized spacial score (nSPS) is 17.7. The van der Waals surface area contributed by atoms with Crippen LogP contribution in [0.25, 0.3) is 10.8 Å². The van der Waals surface area contributed by atoms with E-state index >= 15 is 0 Å². The highest BCUT2D eigenvalue weighted by Gasteiger charge is 2.39. The van der Waals surface area contributed by atoms with Crippen molar-refractivity contribution < 1.29 is 13.2 Å². The van der Waals surface area contributed by atoms with Crippen LogP contribution in [0.2, 0.25) is 0 Å². The first-order valence-electron chi connectivity index (χ1n) is 9.03. The van der Waals surface area contributed by atoms with Crippen LogP contribution in [0.1, 0.15) is 12.8 Å². The highest BCUT2D eigenvalue weighted by Crippen LogP contribution is 2.29. The summed E-state index contributed by atoms with van der Waals surface area (Å²) in [5, 5.41) is 4.68. The van der Waals surface area contributed by atoms with E-state index in [2.05, 4.69) is 21.2 Å². The number of nitrogens with zero attached hydrogens (tertiary/aromatic N) is 1. The summed E-state index contributed by atoms with van der Waals surface area (Å²) in [6, 6.07) is 19.3. The lowest BCUT2D eigenvalue weighted by molar-refractivity contribution is -0.119. The summed E-state index contributed by atoms with van der Waals surface area (Å²) in [6.07, 6.45) is 1.16. The van der Waals surface area contributed by atoms with E-state index in [0.29, 0.717) is 25.1 Å². The van der Waals surface area contributed by atoms with Gasteiger partial charge in [-0.3, -0.25) is 4.79 Å². The number of carbonyl (C=O) groups excluding carboxylic acids is 1. The van der Waals surface area contributed by atoms with Gasteiger partial charge in [-0.05, 0) is 63.8 Å². The zero-order valence-electron chi connectivity index (χ0n) is 15.0. The van der Waals surface area contributed by atoms with Gasteiger partial charge >= 0.3 is 0 Å². The van der Waals surface area contributed by atoms with Crippen molar-refractivity contribution in [1.29, 1.82) is 0 Å². The third kappa shape index (κ3) is 3.57. The Morgan fingerprint density at radius 3 is 2.50 bits per heavy atom. The molecule has 5 nitrogen and oxygen atoms in total. The number of hydrogen-bond acceptors (Lipinski definition) is 3. The fourth-order valence-electron chi connectivity index (χ4n) is 3.53. The van der Waals surface area contributed by atoms with E-state index in [1.165, 1.54) is 4.31 Å². The summed E-state index contributed by atoms with van der Waals surface area (Å²) >= 11 is 3.40. The smallest absolute Gasteiger partial charge is 0.243 e. The second-order valence-electron chi connectivity index (χ2n) is 6.75. The Bertz CT molecular complexity index is 1150. The molecule has 3 aromatic rings. The number of halogens is 1. The van der Waals surface area contributed by atoms with Crippen molar-refractivity contribution in [1.82, 2.24) is 4.31 Å². The van der Waals surface area contributed by atoms with E-state index < -0.39 is 16.1 Å². The zero-order valence-corrected chi connectivity index (χ0v) is 17.4. The molecule has 1 heterocycles. The third-order valence-corrected chi connectivity index (χ3v) is 7.56. The van der Waals surface area contributed by atoms with Gasteiger partial charge in [0.05, 0.1) is 10.6 Å². The lowest BCUT2D eigenvalue weighted by Gasteiger charge is -2.23. The molecule has 1 fully saturated rings. The van der Waals surface area contributed by atoms with Crippen LogP contribution in [-0.2, 0) is 14.8 Å². The molecule has 1 amide bonds. The number of fused-ring (bicyclic) bond motifs is 1. The van der Waals surface area contributed by atoms with E-state index in [0.717, 1.165) is 15.2 Å². The average Bonchev–Trinajstić information content (AvgIpc) is 3.20. The van der Waals surface area contributed by atoms with Crippen molar-refractivity contribution in [2.24, 2.45) is 0 Å².